The Balaban J connectivity index is 2.02. The van der Waals surface area contributed by atoms with Crippen molar-refractivity contribution >= 4 is 22.8 Å². The van der Waals surface area contributed by atoms with E-state index in [0.717, 1.165) is 16.6 Å². The summed E-state index contributed by atoms with van der Waals surface area (Å²) in [6, 6.07) is 11.3. The molecule has 3 rings (SSSR count). The fourth-order valence-corrected chi connectivity index (χ4v) is 2.19. The highest BCUT2D eigenvalue weighted by Gasteiger charge is 2.10. The van der Waals surface area contributed by atoms with Crippen LogP contribution in [0.25, 0.3) is 16.6 Å². The van der Waals surface area contributed by atoms with E-state index >= 15 is 0 Å². The van der Waals surface area contributed by atoms with Gasteiger partial charge in [0, 0.05) is 24.0 Å². The van der Waals surface area contributed by atoms with Gasteiger partial charge in [0.25, 0.3) is 5.91 Å². The molecular weight excluding hydrogens is 266 g/mol. The Morgan fingerprint density at radius 3 is 2.90 bits per heavy atom. The maximum atomic E-state index is 11.8. The van der Waals surface area contributed by atoms with E-state index in [2.05, 4.69) is 10.3 Å². The fourth-order valence-electron chi connectivity index (χ4n) is 2.19. The molecule has 0 atom stereocenters. The van der Waals surface area contributed by atoms with E-state index in [1.807, 2.05) is 34.9 Å². The lowest BCUT2D eigenvalue weighted by atomic mass is 10.2. The number of amides is 1. The van der Waals surface area contributed by atoms with Gasteiger partial charge in [0.1, 0.15) is 0 Å². The van der Waals surface area contributed by atoms with E-state index in [4.69, 9.17) is 11.1 Å². The largest absolute Gasteiger partial charge is 0.370 e. The number of hydrogen-bond acceptors (Lipinski definition) is 3. The molecule has 4 N–H and O–H groups in total. The zero-order valence-electron chi connectivity index (χ0n) is 11.1. The monoisotopic (exact) mass is 279 g/mol. The second-order valence-electron chi connectivity index (χ2n) is 4.52. The Labute approximate surface area is 120 Å². The highest BCUT2D eigenvalue weighted by molar-refractivity contribution is 6.04. The van der Waals surface area contributed by atoms with Crippen molar-refractivity contribution < 1.29 is 4.79 Å². The summed E-state index contributed by atoms with van der Waals surface area (Å²) in [6.07, 6.45) is 5.23. The predicted molar refractivity (Wildman–Crippen MR) is 80.5 cm³/mol. The van der Waals surface area contributed by atoms with Crippen LogP contribution in [0.4, 0.5) is 0 Å². The summed E-state index contributed by atoms with van der Waals surface area (Å²) in [5.74, 6) is -0.776. The Hall–Kier alpha value is -3.15. The molecule has 0 bridgehead atoms. The van der Waals surface area contributed by atoms with Gasteiger partial charge in [-0.2, -0.15) is 0 Å². The van der Waals surface area contributed by atoms with Crippen molar-refractivity contribution in [3.8, 4) is 5.69 Å². The molecule has 1 amide bonds. The zero-order valence-corrected chi connectivity index (χ0v) is 11.1. The number of benzene rings is 1. The third-order valence-electron chi connectivity index (χ3n) is 3.10. The number of nitrogens with zero attached hydrogens (tertiary/aromatic N) is 2. The molecule has 6 heteroatoms. The first kappa shape index (κ1) is 12.9. The zero-order chi connectivity index (χ0) is 14.8. The fraction of sp³-hybridized carbons (Fsp3) is 0. The topological polar surface area (TPSA) is 96.8 Å². The summed E-state index contributed by atoms with van der Waals surface area (Å²) in [5.41, 5.74) is 7.42. The Morgan fingerprint density at radius 1 is 1.24 bits per heavy atom. The number of carbonyl (C=O) groups excluding carboxylic acids is 1. The van der Waals surface area contributed by atoms with Crippen LogP contribution in [-0.2, 0) is 0 Å². The molecule has 0 radical (unpaired) electrons. The highest BCUT2D eigenvalue weighted by Crippen LogP contribution is 2.21. The molecule has 0 spiro atoms. The number of nitrogens with one attached hydrogen (secondary N) is 2. The number of nitrogens with two attached hydrogens (primary N) is 1. The second-order valence-corrected chi connectivity index (χ2v) is 4.52. The standard InChI is InChI=1S/C15H13N5O/c16-15(17)19-14(21)10-6-8-20(9-10)13-5-1-4-12-11(13)3-2-7-18-12/h1-9H,(H4,16,17,19,21). The number of pyridine rings is 1. The summed E-state index contributed by atoms with van der Waals surface area (Å²) in [7, 11) is 0. The third kappa shape index (κ3) is 2.46. The summed E-state index contributed by atoms with van der Waals surface area (Å²) >= 11 is 0. The normalized spacial score (nSPS) is 10.5. The average Bonchev–Trinajstić information content (AvgIpc) is 2.95. The van der Waals surface area contributed by atoms with Crippen LogP contribution in [0.5, 0.6) is 0 Å². The number of aromatic nitrogens is 2. The van der Waals surface area contributed by atoms with Crippen molar-refractivity contribution in [2.24, 2.45) is 5.73 Å². The van der Waals surface area contributed by atoms with Crippen LogP contribution in [0.3, 0.4) is 0 Å². The molecule has 0 aliphatic rings. The molecule has 0 saturated heterocycles. The van der Waals surface area contributed by atoms with Gasteiger partial charge >= 0.3 is 0 Å². The summed E-state index contributed by atoms with van der Waals surface area (Å²) < 4.78 is 1.85. The molecule has 1 aromatic carbocycles. The lowest BCUT2D eigenvalue weighted by molar-refractivity contribution is 0.0976. The maximum absolute atomic E-state index is 11.8. The van der Waals surface area contributed by atoms with Crippen LogP contribution in [0.1, 0.15) is 10.4 Å². The van der Waals surface area contributed by atoms with E-state index < -0.39 is 5.91 Å². The lowest BCUT2D eigenvalue weighted by Crippen LogP contribution is -2.35. The van der Waals surface area contributed by atoms with Gasteiger partial charge in [-0.05, 0) is 30.3 Å². The summed E-state index contributed by atoms with van der Waals surface area (Å²) in [4.78, 5) is 16.1. The minimum absolute atomic E-state index is 0.373. The molecule has 2 heterocycles. The highest BCUT2D eigenvalue weighted by atomic mass is 16.1. The van der Waals surface area contributed by atoms with Crippen molar-refractivity contribution in [2.75, 3.05) is 0 Å². The first-order valence-corrected chi connectivity index (χ1v) is 6.32. The minimum Gasteiger partial charge on any atom is -0.370 e. The van der Waals surface area contributed by atoms with Crippen LogP contribution < -0.4 is 11.1 Å². The minimum atomic E-state index is -0.403. The van der Waals surface area contributed by atoms with Crippen molar-refractivity contribution in [3.63, 3.8) is 0 Å². The van der Waals surface area contributed by atoms with Crippen molar-refractivity contribution in [1.29, 1.82) is 5.41 Å². The summed E-state index contributed by atoms with van der Waals surface area (Å²) in [6.45, 7) is 0. The molecule has 21 heavy (non-hydrogen) atoms. The molecule has 6 nitrogen and oxygen atoms in total. The van der Waals surface area contributed by atoms with E-state index in [1.54, 1.807) is 24.7 Å². The molecule has 0 fully saturated rings. The van der Waals surface area contributed by atoms with E-state index in [0.29, 0.717) is 5.56 Å². The van der Waals surface area contributed by atoms with Gasteiger partial charge in [0.2, 0.25) is 0 Å². The van der Waals surface area contributed by atoms with Gasteiger partial charge in [0.05, 0.1) is 16.8 Å². The number of carbonyl (C=O) groups is 1. The van der Waals surface area contributed by atoms with E-state index in [-0.39, 0.29) is 5.96 Å². The summed E-state index contributed by atoms with van der Waals surface area (Å²) in [5, 5.41) is 10.3. The Bertz CT molecular complexity index is 831. The van der Waals surface area contributed by atoms with Gasteiger partial charge in [-0.1, -0.05) is 6.07 Å². The van der Waals surface area contributed by atoms with Gasteiger partial charge in [0.15, 0.2) is 5.96 Å². The van der Waals surface area contributed by atoms with Crippen LogP contribution in [0.15, 0.2) is 55.0 Å². The predicted octanol–water partition coefficient (Wildman–Crippen LogP) is 1.65. The van der Waals surface area contributed by atoms with Gasteiger partial charge in [-0.3, -0.25) is 20.5 Å². The number of hydrogen-bond donors (Lipinski definition) is 3. The van der Waals surface area contributed by atoms with Gasteiger partial charge < -0.3 is 10.3 Å². The molecule has 3 aromatic rings. The van der Waals surface area contributed by atoms with Crippen LogP contribution in [0.2, 0.25) is 0 Å². The lowest BCUT2D eigenvalue weighted by Gasteiger charge is -2.07. The molecule has 0 unspecified atom stereocenters. The molecular formula is C15H13N5O. The third-order valence-corrected chi connectivity index (χ3v) is 3.10. The van der Waals surface area contributed by atoms with E-state index in [9.17, 15) is 4.79 Å². The Kier molecular flexibility index (Phi) is 3.12. The molecule has 104 valence electrons. The smallest absolute Gasteiger partial charge is 0.259 e. The van der Waals surface area contributed by atoms with Crippen molar-refractivity contribution in [1.82, 2.24) is 14.9 Å². The van der Waals surface area contributed by atoms with Crippen LogP contribution in [-0.4, -0.2) is 21.4 Å². The first-order valence-electron chi connectivity index (χ1n) is 6.32. The van der Waals surface area contributed by atoms with E-state index in [1.165, 1.54) is 0 Å². The van der Waals surface area contributed by atoms with Gasteiger partial charge in [-0.15, -0.1) is 0 Å². The maximum Gasteiger partial charge on any atom is 0.259 e. The number of guanidine groups is 1. The molecule has 0 aliphatic carbocycles. The molecule has 2 aromatic heterocycles. The van der Waals surface area contributed by atoms with Crippen LogP contribution in [0, 0.1) is 5.41 Å². The van der Waals surface area contributed by atoms with Crippen LogP contribution >= 0.6 is 0 Å². The SMILES string of the molecule is N=C(N)NC(=O)c1ccn(-c2cccc3ncccc23)c1. The Morgan fingerprint density at radius 2 is 2.10 bits per heavy atom. The van der Waals surface area contributed by atoms with Crippen molar-refractivity contribution in [2.45, 2.75) is 0 Å². The quantitative estimate of drug-likeness (QED) is 0.491. The molecule has 0 saturated carbocycles. The number of rotatable bonds is 2. The molecule has 0 aliphatic heterocycles. The van der Waals surface area contributed by atoms with Crippen molar-refractivity contribution in [3.05, 3.63) is 60.6 Å². The second kappa shape index (κ2) is 5.09. The first-order chi connectivity index (χ1) is 10.1. The average molecular weight is 279 g/mol. The number of fused-ring (bicyclic) bond motifs is 1. The van der Waals surface area contributed by atoms with Gasteiger partial charge in [-0.25, -0.2) is 0 Å².